The van der Waals surface area contributed by atoms with Crippen LogP contribution in [0, 0.1) is 5.82 Å². The standard InChI is InChI=1S/C16H9BrFN5S/c17-9-5-6-13-11(7-9)15(20-8-19-13)24-16-21-14(22-23-16)10-3-1-2-4-12(10)18/h1-8H,(H,21,22,23). The molecule has 118 valence electrons. The highest BCUT2D eigenvalue weighted by molar-refractivity contribution is 9.10. The predicted octanol–water partition coefficient (Wildman–Crippen LogP) is 4.47. The molecule has 0 fully saturated rings. The zero-order valence-corrected chi connectivity index (χ0v) is 14.5. The highest BCUT2D eigenvalue weighted by Crippen LogP contribution is 2.31. The van der Waals surface area contributed by atoms with Crippen molar-refractivity contribution in [2.24, 2.45) is 0 Å². The van der Waals surface area contributed by atoms with Gasteiger partial charge in [0, 0.05) is 9.86 Å². The summed E-state index contributed by atoms with van der Waals surface area (Å²) < 4.78 is 14.8. The molecule has 0 aliphatic rings. The number of hydrogen-bond donors (Lipinski definition) is 1. The number of benzene rings is 2. The van der Waals surface area contributed by atoms with Gasteiger partial charge in [-0.3, -0.25) is 5.10 Å². The largest absolute Gasteiger partial charge is 0.258 e. The van der Waals surface area contributed by atoms with Crippen LogP contribution >= 0.6 is 27.7 Å². The van der Waals surface area contributed by atoms with Crippen LogP contribution in [-0.4, -0.2) is 25.1 Å². The minimum absolute atomic E-state index is 0.346. The molecular weight excluding hydrogens is 393 g/mol. The second kappa shape index (κ2) is 6.29. The van der Waals surface area contributed by atoms with Crippen LogP contribution in [0.3, 0.4) is 0 Å². The van der Waals surface area contributed by atoms with Crippen LogP contribution in [0.1, 0.15) is 0 Å². The van der Waals surface area contributed by atoms with Crippen LogP contribution in [0.25, 0.3) is 22.3 Å². The topological polar surface area (TPSA) is 67.3 Å². The summed E-state index contributed by atoms with van der Waals surface area (Å²) in [5, 5.41) is 9.01. The fourth-order valence-electron chi connectivity index (χ4n) is 2.24. The van der Waals surface area contributed by atoms with E-state index in [2.05, 4.69) is 41.1 Å². The molecular formula is C16H9BrFN5S. The lowest BCUT2D eigenvalue weighted by Crippen LogP contribution is -1.88. The van der Waals surface area contributed by atoms with Gasteiger partial charge in [0.2, 0.25) is 5.16 Å². The number of aromatic amines is 1. The summed E-state index contributed by atoms with van der Waals surface area (Å²) in [6.07, 6.45) is 1.50. The third-order valence-corrected chi connectivity index (χ3v) is 4.72. The normalized spacial score (nSPS) is 11.1. The van der Waals surface area contributed by atoms with Crippen LogP contribution < -0.4 is 0 Å². The van der Waals surface area contributed by atoms with E-state index in [4.69, 9.17) is 0 Å². The number of nitrogens with one attached hydrogen (secondary N) is 1. The van der Waals surface area contributed by atoms with Gasteiger partial charge in [-0.25, -0.2) is 19.3 Å². The van der Waals surface area contributed by atoms with Crippen LogP contribution in [0.15, 0.2) is 63.4 Å². The number of H-pyrrole nitrogens is 1. The molecule has 0 bridgehead atoms. The molecule has 2 aromatic carbocycles. The molecule has 8 heteroatoms. The van der Waals surface area contributed by atoms with Crippen molar-refractivity contribution in [3.05, 3.63) is 59.1 Å². The van der Waals surface area contributed by atoms with Crippen LogP contribution in [-0.2, 0) is 0 Å². The molecule has 24 heavy (non-hydrogen) atoms. The quantitative estimate of drug-likeness (QED) is 0.513. The van der Waals surface area contributed by atoms with Crippen molar-refractivity contribution in [1.82, 2.24) is 25.1 Å². The smallest absolute Gasteiger partial charge is 0.215 e. The Labute approximate surface area is 148 Å². The summed E-state index contributed by atoms with van der Waals surface area (Å²) in [7, 11) is 0. The van der Waals surface area contributed by atoms with Crippen molar-refractivity contribution in [3.63, 3.8) is 0 Å². The number of aromatic nitrogens is 5. The molecule has 0 saturated heterocycles. The molecule has 0 radical (unpaired) electrons. The molecule has 5 nitrogen and oxygen atoms in total. The summed E-state index contributed by atoms with van der Waals surface area (Å²) in [4.78, 5) is 12.9. The van der Waals surface area contributed by atoms with E-state index in [0.717, 1.165) is 20.4 Å². The van der Waals surface area contributed by atoms with Gasteiger partial charge in [0.25, 0.3) is 0 Å². The van der Waals surface area contributed by atoms with Gasteiger partial charge in [0.1, 0.15) is 17.2 Å². The zero-order chi connectivity index (χ0) is 16.5. The maximum Gasteiger partial charge on any atom is 0.215 e. The van der Waals surface area contributed by atoms with Gasteiger partial charge in [0.05, 0.1) is 11.1 Å². The minimum atomic E-state index is -0.346. The van der Waals surface area contributed by atoms with Gasteiger partial charge in [-0.2, -0.15) is 0 Å². The summed E-state index contributed by atoms with van der Waals surface area (Å²) in [6.45, 7) is 0. The maximum atomic E-state index is 13.8. The Morgan fingerprint density at radius 1 is 1.08 bits per heavy atom. The summed E-state index contributed by atoms with van der Waals surface area (Å²) in [6, 6.07) is 12.2. The first-order valence-corrected chi connectivity index (χ1v) is 8.57. The van der Waals surface area contributed by atoms with E-state index < -0.39 is 0 Å². The van der Waals surface area contributed by atoms with Gasteiger partial charge in [-0.15, -0.1) is 5.10 Å². The Kier molecular flexibility index (Phi) is 3.99. The predicted molar refractivity (Wildman–Crippen MR) is 93.1 cm³/mol. The Hall–Kier alpha value is -2.32. The van der Waals surface area contributed by atoms with Crippen LogP contribution in [0.4, 0.5) is 4.39 Å². The first-order chi connectivity index (χ1) is 11.7. The molecule has 0 aliphatic heterocycles. The maximum absolute atomic E-state index is 13.8. The molecule has 1 N–H and O–H groups in total. The van der Waals surface area contributed by atoms with Crippen molar-refractivity contribution in [3.8, 4) is 11.4 Å². The number of halogens is 2. The van der Waals surface area contributed by atoms with Crippen molar-refractivity contribution in [2.75, 3.05) is 0 Å². The molecule has 0 amide bonds. The van der Waals surface area contributed by atoms with E-state index in [0.29, 0.717) is 16.5 Å². The minimum Gasteiger partial charge on any atom is -0.258 e. The van der Waals surface area contributed by atoms with Gasteiger partial charge >= 0.3 is 0 Å². The second-order valence-electron chi connectivity index (χ2n) is 4.89. The highest BCUT2D eigenvalue weighted by Gasteiger charge is 2.13. The first kappa shape index (κ1) is 15.2. The van der Waals surface area contributed by atoms with E-state index >= 15 is 0 Å². The lowest BCUT2D eigenvalue weighted by atomic mass is 10.2. The van der Waals surface area contributed by atoms with Crippen molar-refractivity contribution < 1.29 is 4.39 Å². The molecule has 4 rings (SSSR count). The van der Waals surface area contributed by atoms with E-state index in [1.165, 1.54) is 24.2 Å². The second-order valence-corrected chi connectivity index (χ2v) is 6.76. The van der Waals surface area contributed by atoms with Crippen molar-refractivity contribution in [1.29, 1.82) is 0 Å². The van der Waals surface area contributed by atoms with Crippen molar-refractivity contribution in [2.45, 2.75) is 10.2 Å². The van der Waals surface area contributed by atoms with Gasteiger partial charge in [0.15, 0.2) is 5.82 Å². The van der Waals surface area contributed by atoms with E-state index in [1.807, 2.05) is 18.2 Å². The summed E-state index contributed by atoms with van der Waals surface area (Å²) in [5.41, 5.74) is 1.22. The van der Waals surface area contributed by atoms with Crippen LogP contribution in [0.5, 0.6) is 0 Å². The van der Waals surface area contributed by atoms with E-state index in [1.54, 1.807) is 18.2 Å². The monoisotopic (exact) mass is 401 g/mol. The fraction of sp³-hybridized carbons (Fsp3) is 0. The Bertz CT molecular complexity index is 1040. The third-order valence-electron chi connectivity index (χ3n) is 3.34. The molecule has 0 atom stereocenters. The number of rotatable bonds is 3. The lowest BCUT2D eigenvalue weighted by Gasteiger charge is -2.02. The first-order valence-electron chi connectivity index (χ1n) is 6.96. The van der Waals surface area contributed by atoms with Gasteiger partial charge in [-0.1, -0.05) is 28.1 Å². The Balaban J connectivity index is 1.70. The van der Waals surface area contributed by atoms with Crippen molar-refractivity contribution >= 4 is 38.6 Å². The molecule has 0 spiro atoms. The molecule has 0 saturated carbocycles. The van der Waals surface area contributed by atoms with E-state index in [-0.39, 0.29) is 5.82 Å². The Morgan fingerprint density at radius 3 is 2.83 bits per heavy atom. The molecule has 4 aromatic rings. The molecule has 0 aliphatic carbocycles. The van der Waals surface area contributed by atoms with Gasteiger partial charge in [-0.05, 0) is 42.1 Å². The zero-order valence-electron chi connectivity index (χ0n) is 12.1. The fourth-order valence-corrected chi connectivity index (χ4v) is 3.37. The third kappa shape index (κ3) is 2.90. The average Bonchev–Trinajstić information content (AvgIpc) is 3.04. The molecule has 2 heterocycles. The number of hydrogen-bond acceptors (Lipinski definition) is 5. The molecule has 2 aromatic heterocycles. The summed E-state index contributed by atoms with van der Waals surface area (Å²) in [5.74, 6) is 0.0387. The van der Waals surface area contributed by atoms with Crippen LogP contribution in [0.2, 0.25) is 0 Å². The molecule has 0 unspecified atom stereocenters. The number of fused-ring (bicyclic) bond motifs is 1. The average molecular weight is 402 g/mol. The van der Waals surface area contributed by atoms with E-state index in [9.17, 15) is 4.39 Å². The Morgan fingerprint density at radius 2 is 1.96 bits per heavy atom. The SMILES string of the molecule is Fc1ccccc1-c1nc(Sc2ncnc3ccc(Br)cc23)n[nH]1. The number of nitrogens with zero attached hydrogens (tertiary/aromatic N) is 4. The lowest BCUT2D eigenvalue weighted by molar-refractivity contribution is 0.630. The highest BCUT2D eigenvalue weighted by atomic mass is 79.9. The summed E-state index contributed by atoms with van der Waals surface area (Å²) >= 11 is 4.75. The van der Waals surface area contributed by atoms with Gasteiger partial charge < -0.3 is 0 Å².